The van der Waals surface area contributed by atoms with E-state index in [4.69, 9.17) is 5.11 Å². The molecule has 14 heavy (non-hydrogen) atoms. The van der Waals surface area contributed by atoms with Gasteiger partial charge >= 0.3 is 6.09 Å². The number of amides is 2. The van der Waals surface area contributed by atoms with E-state index in [9.17, 15) is 9.59 Å². The summed E-state index contributed by atoms with van der Waals surface area (Å²) < 4.78 is 0. The molecule has 0 unspecified atom stereocenters. The molecule has 1 fully saturated rings. The number of likely N-dealkylation sites (tertiary alicyclic amines) is 1. The van der Waals surface area contributed by atoms with Crippen LogP contribution in [0.1, 0.15) is 12.8 Å². The summed E-state index contributed by atoms with van der Waals surface area (Å²) in [5, 5.41) is 11.4. The molecule has 1 saturated heterocycles. The van der Waals surface area contributed by atoms with Gasteiger partial charge in [0.2, 0.25) is 5.91 Å². The molecule has 0 saturated carbocycles. The lowest BCUT2D eigenvalue weighted by Gasteiger charge is -2.30. The van der Waals surface area contributed by atoms with Crippen molar-refractivity contribution in [2.24, 2.45) is 0 Å². The first kappa shape index (κ1) is 10.6. The van der Waals surface area contributed by atoms with Crippen LogP contribution in [0, 0.1) is 0 Å². The van der Waals surface area contributed by atoms with E-state index in [0.717, 1.165) is 0 Å². The Bertz CT molecular complexity index is 244. The number of carbonyl (C=O) groups is 2. The van der Waals surface area contributed by atoms with Crippen molar-refractivity contribution in [3.05, 3.63) is 12.7 Å². The maximum Gasteiger partial charge on any atom is 0.407 e. The van der Waals surface area contributed by atoms with Crippen molar-refractivity contribution in [2.45, 2.75) is 18.9 Å². The van der Waals surface area contributed by atoms with Crippen molar-refractivity contribution in [2.75, 3.05) is 13.1 Å². The normalized spacial score (nSPS) is 17.6. The minimum Gasteiger partial charge on any atom is -0.465 e. The summed E-state index contributed by atoms with van der Waals surface area (Å²) in [4.78, 5) is 22.9. The van der Waals surface area contributed by atoms with Crippen LogP contribution in [-0.4, -0.2) is 41.1 Å². The Morgan fingerprint density at radius 1 is 1.43 bits per heavy atom. The highest BCUT2D eigenvalue weighted by Gasteiger charge is 2.22. The third kappa shape index (κ3) is 2.76. The molecule has 0 bridgehead atoms. The van der Waals surface area contributed by atoms with Gasteiger partial charge in [0, 0.05) is 19.1 Å². The van der Waals surface area contributed by atoms with Crippen molar-refractivity contribution >= 4 is 12.0 Å². The lowest BCUT2D eigenvalue weighted by atomic mass is 10.1. The van der Waals surface area contributed by atoms with Crippen molar-refractivity contribution < 1.29 is 14.7 Å². The summed E-state index contributed by atoms with van der Waals surface area (Å²) in [5.74, 6) is -0.196. The van der Waals surface area contributed by atoms with Crippen LogP contribution in [0.5, 0.6) is 0 Å². The van der Waals surface area contributed by atoms with E-state index in [1.807, 2.05) is 0 Å². The molecule has 5 nitrogen and oxygen atoms in total. The Morgan fingerprint density at radius 2 is 2.00 bits per heavy atom. The number of carboxylic acid groups (broad SMARTS) is 1. The highest BCUT2D eigenvalue weighted by Crippen LogP contribution is 2.09. The number of piperidine rings is 1. The third-order valence-corrected chi connectivity index (χ3v) is 2.30. The summed E-state index contributed by atoms with van der Waals surface area (Å²) >= 11 is 0. The van der Waals surface area contributed by atoms with Gasteiger partial charge in [0.25, 0.3) is 0 Å². The SMILES string of the molecule is C=CC(=O)NC1CCN(C(=O)O)CC1. The zero-order valence-corrected chi connectivity index (χ0v) is 7.90. The fourth-order valence-electron chi connectivity index (χ4n) is 1.48. The predicted octanol–water partition coefficient (Wildman–Crippen LogP) is 0.431. The van der Waals surface area contributed by atoms with E-state index in [1.54, 1.807) is 0 Å². The van der Waals surface area contributed by atoms with Crippen LogP contribution in [0.25, 0.3) is 0 Å². The third-order valence-electron chi connectivity index (χ3n) is 2.30. The fourth-order valence-corrected chi connectivity index (χ4v) is 1.48. The van der Waals surface area contributed by atoms with Gasteiger partial charge in [-0.1, -0.05) is 6.58 Å². The number of nitrogens with zero attached hydrogens (tertiary/aromatic N) is 1. The van der Waals surface area contributed by atoms with Crippen molar-refractivity contribution in [1.29, 1.82) is 0 Å². The molecule has 0 aliphatic carbocycles. The molecule has 0 atom stereocenters. The molecule has 2 amide bonds. The second-order valence-electron chi connectivity index (χ2n) is 3.26. The minimum atomic E-state index is -0.890. The van der Waals surface area contributed by atoms with Crippen LogP contribution in [-0.2, 0) is 4.79 Å². The summed E-state index contributed by atoms with van der Waals surface area (Å²) in [6.07, 6.45) is 1.68. The zero-order valence-electron chi connectivity index (χ0n) is 7.90. The molecule has 2 N–H and O–H groups in total. The van der Waals surface area contributed by atoms with Gasteiger partial charge in [-0.3, -0.25) is 4.79 Å². The Morgan fingerprint density at radius 3 is 2.43 bits per heavy atom. The lowest BCUT2D eigenvalue weighted by molar-refractivity contribution is -0.117. The standard InChI is InChI=1S/C9H14N2O3/c1-2-8(12)10-7-3-5-11(6-4-7)9(13)14/h2,7H,1,3-6H2,(H,10,12)(H,13,14). The Labute approximate surface area is 82.4 Å². The Hall–Kier alpha value is -1.52. The van der Waals surface area contributed by atoms with Crippen LogP contribution in [0.3, 0.4) is 0 Å². The molecule has 0 aromatic heterocycles. The molecular formula is C9H14N2O3. The van der Waals surface area contributed by atoms with Gasteiger partial charge in [0.05, 0.1) is 0 Å². The molecule has 78 valence electrons. The van der Waals surface area contributed by atoms with E-state index in [-0.39, 0.29) is 11.9 Å². The molecule has 0 radical (unpaired) electrons. The molecule has 5 heteroatoms. The smallest absolute Gasteiger partial charge is 0.407 e. The van der Waals surface area contributed by atoms with Gasteiger partial charge in [-0.05, 0) is 18.9 Å². The first-order valence-corrected chi connectivity index (χ1v) is 4.54. The molecular weight excluding hydrogens is 184 g/mol. The van der Waals surface area contributed by atoms with E-state index < -0.39 is 6.09 Å². The first-order valence-electron chi connectivity index (χ1n) is 4.54. The van der Waals surface area contributed by atoms with Gasteiger partial charge in [-0.15, -0.1) is 0 Å². The monoisotopic (exact) mass is 198 g/mol. The molecule has 1 rings (SSSR count). The van der Waals surface area contributed by atoms with Crippen LogP contribution < -0.4 is 5.32 Å². The predicted molar refractivity (Wildman–Crippen MR) is 51.0 cm³/mol. The highest BCUT2D eigenvalue weighted by molar-refractivity contribution is 5.87. The van der Waals surface area contributed by atoms with Crippen LogP contribution >= 0.6 is 0 Å². The molecule has 1 aliphatic rings. The quantitative estimate of drug-likeness (QED) is 0.632. The van der Waals surface area contributed by atoms with Gasteiger partial charge in [0.1, 0.15) is 0 Å². The van der Waals surface area contributed by atoms with E-state index in [2.05, 4.69) is 11.9 Å². The van der Waals surface area contributed by atoms with Crippen molar-refractivity contribution in [3.63, 3.8) is 0 Å². The molecule has 1 aliphatic heterocycles. The van der Waals surface area contributed by atoms with Gasteiger partial charge in [-0.2, -0.15) is 0 Å². The molecule has 1 heterocycles. The average Bonchev–Trinajstić information content (AvgIpc) is 2.18. The van der Waals surface area contributed by atoms with Crippen LogP contribution in [0.2, 0.25) is 0 Å². The number of nitrogens with one attached hydrogen (secondary N) is 1. The average molecular weight is 198 g/mol. The Balaban J connectivity index is 2.32. The summed E-state index contributed by atoms with van der Waals surface area (Å²) in [5.41, 5.74) is 0. The number of carbonyl (C=O) groups excluding carboxylic acids is 1. The number of hydrogen-bond donors (Lipinski definition) is 2. The van der Waals surface area contributed by atoms with Gasteiger partial charge < -0.3 is 15.3 Å². The second kappa shape index (κ2) is 4.64. The Kier molecular flexibility index (Phi) is 3.50. The second-order valence-corrected chi connectivity index (χ2v) is 3.26. The minimum absolute atomic E-state index is 0.0797. The maximum absolute atomic E-state index is 10.9. The number of rotatable bonds is 2. The summed E-state index contributed by atoms with van der Waals surface area (Å²) in [6, 6.07) is 0.0797. The van der Waals surface area contributed by atoms with E-state index in [0.29, 0.717) is 25.9 Å². The van der Waals surface area contributed by atoms with E-state index in [1.165, 1.54) is 11.0 Å². The van der Waals surface area contributed by atoms with Gasteiger partial charge in [0.15, 0.2) is 0 Å². The van der Waals surface area contributed by atoms with Gasteiger partial charge in [-0.25, -0.2) is 4.79 Å². The molecule has 0 aromatic carbocycles. The molecule has 0 spiro atoms. The zero-order chi connectivity index (χ0) is 10.6. The van der Waals surface area contributed by atoms with E-state index >= 15 is 0 Å². The topological polar surface area (TPSA) is 69.6 Å². The first-order chi connectivity index (χ1) is 6.63. The van der Waals surface area contributed by atoms with Crippen LogP contribution in [0.15, 0.2) is 12.7 Å². The summed E-state index contributed by atoms with van der Waals surface area (Å²) in [7, 11) is 0. The highest BCUT2D eigenvalue weighted by atomic mass is 16.4. The van der Waals surface area contributed by atoms with Crippen molar-refractivity contribution in [1.82, 2.24) is 10.2 Å². The van der Waals surface area contributed by atoms with Crippen molar-refractivity contribution in [3.8, 4) is 0 Å². The number of hydrogen-bond acceptors (Lipinski definition) is 2. The fraction of sp³-hybridized carbons (Fsp3) is 0.556. The summed E-state index contributed by atoms with van der Waals surface area (Å²) in [6.45, 7) is 4.32. The lowest BCUT2D eigenvalue weighted by Crippen LogP contribution is -2.45. The largest absolute Gasteiger partial charge is 0.465 e. The molecule has 0 aromatic rings. The van der Waals surface area contributed by atoms with Crippen LogP contribution in [0.4, 0.5) is 4.79 Å². The maximum atomic E-state index is 10.9.